The number of likely N-dealkylation sites (tertiary alicyclic amines) is 1. The van der Waals surface area contributed by atoms with Crippen molar-refractivity contribution in [3.8, 4) is 11.5 Å². The molecule has 26 heavy (non-hydrogen) atoms. The summed E-state index contributed by atoms with van der Waals surface area (Å²) in [5.74, 6) is 1.21. The van der Waals surface area contributed by atoms with Gasteiger partial charge in [-0.05, 0) is 44.0 Å². The number of rotatable bonds is 6. The first-order valence-corrected chi connectivity index (χ1v) is 9.00. The number of carbonyl (C=O) groups is 1. The zero-order valence-corrected chi connectivity index (χ0v) is 15.1. The SMILES string of the molecule is CCOc1cc(C(=O)N2CCC(N)CC2)ccc1OCc1cccnc1. The van der Waals surface area contributed by atoms with Gasteiger partial charge < -0.3 is 20.1 Å². The van der Waals surface area contributed by atoms with Crippen LogP contribution in [0.1, 0.15) is 35.7 Å². The molecule has 0 aliphatic carbocycles. The van der Waals surface area contributed by atoms with Crippen LogP contribution in [0.2, 0.25) is 0 Å². The lowest BCUT2D eigenvalue weighted by Crippen LogP contribution is -2.42. The summed E-state index contributed by atoms with van der Waals surface area (Å²) >= 11 is 0. The maximum Gasteiger partial charge on any atom is 0.253 e. The number of pyridine rings is 1. The van der Waals surface area contributed by atoms with Gasteiger partial charge in [0.2, 0.25) is 0 Å². The highest BCUT2D eigenvalue weighted by Crippen LogP contribution is 2.30. The highest BCUT2D eigenvalue weighted by molar-refractivity contribution is 5.95. The summed E-state index contributed by atoms with van der Waals surface area (Å²) in [6, 6.07) is 9.36. The largest absolute Gasteiger partial charge is 0.490 e. The van der Waals surface area contributed by atoms with Crippen LogP contribution in [-0.2, 0) is 6.61 Å². The van der Waals surface area contributed by atoms with E-state index in [-0.39, 0.29) is 11.9 Å². The van der Waals surface area contributed by atoms with Crippen LogP contribution in [0.15, 0.2) is 42.7 Å². The summed E-state index contributed by atoms with van der Waals surface area (Å²) in [6.45, 7) is 4.20. The lowest BCUT2D eigenvalue weighted by Gasteiger charge is -2.30. The van der Waals surface area contributed by atoms with Gasteiger partial charge in [-0.1, -0.05) is 6.07 Å². The number of nitrogens with two attached hydrogens (primary N) is 1. The minimum atomic E-state index is 0.0108. The smallest absolute Gasteiger partial charge is 0.253 e. The Morgan fingerprint density at radius 3 is 2.73 bits per heavy atom. The van der Waals surface area contributed by atoms with Crippen LogP contribution < -0.4 is 15.2 Å². The maximum atomic E-state index is 12.7. The van der Waals surface area contributed by atoms with E-state index in [4.69, 9.17) is 15.2 Å². The fourth-order valence-corrected chi connectivity index (χ4v) is 2.96. The molecule has 6 heteroatoms. The standard InChI is InChI=1S/C20H25N3O3/c1-2-25-19-12-16(20(24)23-10-7-17(21)8-11-23)5-6-18(19)26-14-15-4-3-9-22-13-15/h3-6,9,12-13,17H,2,7-8,10-11,14,21H2,1H3. The molecular weight excluding hydrogens is 330 g/mol. The third-order valence-corrected chi connectivity index (χ3v) is 4.43. The third kappa shape index (κ3) is 4.52. The summed E-state index contributed by atoms with van der Waals surface area (Å²) in [7, 11) is 0. The van der Waals surface area contributed by atoms with Crippen LogP contribution in [0.25, 0.3) is 0 Å². The number of carbonyl (C=O) groups excluding carboxylic acids is 1. The molecule has 1 aliphatic rings. The molecule has 3 rings (SSSR count). The van der Waals surface area contributed by atoms with Crippen LogP contribution in [-0.4, -0.2) is 41.5 Å². The van der Waals surface area contributed by atoms with Crippen molar-refractivity contribution in [3.63, 3.8) is 0 Å². The van der Waals surface area contributed by atoms with Gasteiger partial charge in [0.05, 0.1) is 6.61 Å². The van der Waals surface area contributed by atoms with Crippen molar-refractivity contribution in [1.29, 1.82) is 0 Å². The second-order valence-corrected chi connectivity index (χ2v) is 6.37. The summed E-state index contributed by atoms with van der Waals surface area (Å²) in [5.41, 5.74) is 7.50. The predicted octanol–water partition coefficient (Wildman–Crippen LogP) is 2.62. The summed E-state index contributed by atoms with van der Waals surface area (Å²) < 4.78 is 11.6. The van der Waals surface area contributed by atoms with Crippen molar-refractivity contribution in [2.75, 3.05) is 19.7 Å². The monoisotopic (exact) mass is 355 g/mol. The fraction of sp³-hybridized carbons (Fsp3) is 0.400. The predicted molar refractivity (Wildman–Crippen MR) is 99.3 cm³/mol. The molecule has 2 heterocycles. The molecular formula is C20H25N3O3. The molecule has 1 aliphatic heterocycles. The molecule has 0 atom stereocenters. The van der Waals surface area contributed by atoms with Gasteiger partial charge in [0, 0.05) is 42.7 Å². The van der Waals surface area contributed by atoms with E-state index in [1.54, 1.807) is 30.6 Å². The van der Waals surface area contributed by atoms with E-state index in [2.05, 4.69) is 4.98 Å². The van der Waals surface area contributed by atoms with Gasteiger partial charge in [-0.3, -0.25) is 9.78 Å². The first-order chi connectivity index (χ1) is 12.7. The maximum absolute atomic E-state index is 12.7. The molecule has 0 bridgehead atoms. The second-order valence-electron chi connectivity index (χ2n) is 6.37. The van der Waals surface area contributed by atoms with Crippen molar-refractivity contribution in [2.24, 2.45) is 5.73 Å². The van der Waals surface area contributed by atoms with Crippen molar-refractivity contribution >= 4 is 5.91 Å². The van der Waals surface area contributed by atoms with E-state index in [0.29, 0.717) is 43.4 Å². The highest BCUT2D eigenvalue weighted by atomic mass is 16.5. The lowest BCUT2D eigenvalue weighted by molar-refractivity contribution is 0.0714. The van der Waals surface area contributed by atoms with E-state index in [1.807, 2.05) is 24.0 Å². The molecule has 1 aromatic heterocycles. The molecule has 138 valence electrons. The number of amides is 1. The third-order valence-electron chi connectivity index (χ3n) is 4.43. The van der Waals surface area contributed by atoms with Gasteiger partial charge in [-0.15, -0.1) is 0 Å². The number of hydrogen-bond donors (Lipinski definition) is 1. The molecule has 0 unspecified atom stereocenters. The van der Waals surface area contributed by atoms with Crippen molar-refractivity contribution < 1.29 is 14.3 Å². The molecule has 1 aromatic carbocycles. The number of aromatic nitrogens is 1. The Hall–Kier alpha value is -2.60. The van der Waals surface area contributed by atoms with Gasteiger partial charge in [-0.25, -0.2) is 0 Å². The topological polar surface area (TPSA) is 77.7 Å². The van der Waals surface area contributed by atoms with Crippen LogP contribution in [0.5, 0.6) is 11.5 Å². The fourth-order valence-electron chi connectivity index (χ4n) is 2.96. The molecule has 0 spiro atoms. The number of ether oxygens (including phenoxy) is 2. The molecule has 2 aromatic rings. The first-order valence-electron chi connectivity index (χ1n) is 9.00. The Morgan fingerprint density at radius 2 is 2.04 bits per heavy atom. The molecule has 1 fully saturated rings. The number of benzene rings is 1. The summed E-state index contributed by atoms with van der Waals surface area (Å²) in [4.78, 5) is 18.7. The van der Waals surface area contributed by atoms with Crippen molar-refractivity contribution in [3.05, 3.63) is 53.9 Å². The molecule has 1 amide bonds. The average molecular weight is 355 g/mol. The summed E-state index contributed by atoms with van der Waals surface area (Å²) in [5, 5.41) is 0. The molecule has 0 radical (unpaired) electrons. The molecule has 6 nitrogen and oxygen atoms in total. The van der Waals surface area contributed by atoms with Crippen LogP contribution in [0.3, 0.4) is 0 Å². The van der Waals surface area contributed by atoms with E-state index in [1.165, 1.54) is 0 Å². The Balaban J connectivity index is 1.72. The molecule has 0 saturated carbocycles. The minimum Gasteiger partial charge on any atom is -0.490 e. The number of hydrogen-bond acceptors (Lipinski definition) is 5. The van der Waals surface area contributed by atoms with E-state index < -0.39 is 0 Å². The molecule has 1 saturated heterocycles. The quantitative estimate of drug-likeness (QED) is 0.862. The summed E-state index contributed by atoms with van der Waals surface area (Å²) in [6.07, 6.45) is 5.18. The second kappa shape index (κ2) is 8.67. The lowest BCUT2D eigenvalue weighted by atomic mass is 10.0. The Morgan fingerprint density at radius 1 is 1.23 bits per heavy atom. The number of piperidine rings is 1. The van der Waals surface area contributed by atoms with Gasteiger partial charge >= 0.3 is 0 Å². The van der Waals surface area contributed by atoms with Gasteiger partial charge in [-0.2, -0.15) is 0 Å². The van der Waals surface area contributed by atoms with Crippen LogP contribution in [0.4, 0.5) is 0 Å². The first kappa shape index (κ1) is 18.2. The van der Waals surface area contributed by atoms with E-state index in [9.17, 15) is 4.79 Å². The van der Waals surface area contributed by atoms with Crippen molar-refractivity contribution in [2.45, 2.75) is 32.4 Å². The highest BCUT2D eigenvalue weighted by Gasteiger charge is 2.22. The van der Waals surface area contributed by atoms with Crippen molar-refractivity contribution in [1.82, 2.24) is 9.88 Å². The van der Waals surface area contributed by atoms with Crippen LogP contribution in [0, 0.1) is 0 Å². The van der Waals surface area contributed by atoms with Gasteiger partial charge in [0.1, 0.15) is 6.61 Å². The Kier molecular flexibility index (Phi) is 6.07. The zero-order chi connectivity index (χ0) is 18.4. The van der Waals surface area contributed by atoms with E-state index >= 15 is 0 Å². The average Bonchev–Trinajstić information content (AvgIpc) is 2.68. The van der Waals surface area contributed by atoms with Crippen LogP contribution >= 0.6 is 0 Å². The van der Waals surface area contributed by atoms with Gasteiger partial charge in [0.25, 0.3) is 5.91 Å². The zero-order valence-electron chi connectivity index (χ0n) is 15.1. The Bertz CT molecular complexity index is 728. The minimum absolute atomic E-state index is 0.0108. The Labute approximate surface area is 153 Å². The van der Waals surface area contributed by atoms with E-state index in [0.717, 1.165) is 18.4 Å². The number of nitrogens with zero attached hydrogens (tertiary/aromatic N) is 2. The normalized spacial score (nSPS) is 14.9. The van der Waals surface area contributed by atoms with Gasteiger partial charge in [0.15, 0.2) is 11.5 Å². The molecule has 2 N–H and O–H groups in total.